The molecule has 0 aromatic heterocycles. The number of amides is 1. The molecule has 1 saturated heterocycles. The number of anilines is 1. The van der Waals surface area contributed by atoms with E-state index in [1.54, 1.807) is 0 Å². The summed E-state index contributed by atoms with van der Waals surface area (Å²) in [5.41, 5.74) is 7.49. The summed E-state index contributed by atoms with van der Waals surface area (Å²) in [5.74, 6) is 1.45. The van der Waals surface area contributed by atoms with Crippen molar-refractivity contribution in [3.05, 3.63) is 23.8 Å². The number of rotatable bonds is 5. The molecule has 0 aliphatic carbocycles. The quantitative estimate of drug-likeness (QED) is 0.646. The number of hydrogen-bond donors (Lipinski definition) is 2. The summed E-state index contributed by atoms with van der Waals surface area (Å²) >= 11 is 0. The number of carbonyl (C=O) groups excluding carboxylic acids is 1. The first-order chi connectivity index (χ1) is 10.7. The summed E-state index contributed by atoms with van der Waals surface area (Å²) in [7, 11) is 0. The van der Waals surface area contributed by atoms with Gasteiger partial charge in [0, 0.05) is 0 Å². The minimum absolute atomic E-state index is 0.0807. The summed E-state index contributed by atoms with van der Waals surface area (Å²) in [4.78, 5) is 11.4. The van der Waals surface area contributed by atoms with Crippen molar-refractivity contribution in [1.82, 2.24) is 0 Å². The van der Waals surface area contributed by atoms with Gasteiger partial charge in [-0.2, -0.15) is 0 Å². The van der Waals surface area contributed by atoms with Gasteiger partial charge in [-0.1, -0.05) is 18.9 Å². The Balaban J connectivity index is 1.50. The number of nitrogens with two attached hydrogens (primary N) is 1. The zero-order chi connectivity index (χ0) is 15.4. The Bertz CT molecular complexity index is 530. The predicted octanol–water partition coefficient (Wildman–Crippen LogP) is 2.28. The Morgan fingerprint density at radius 1 is 1.36 bits per heavy atom. The Labute approximate surface area is 131 Å². The van der Waals surface area contributed by atoms with E-state index in [9.17, 15) is 4.79 Å². The third-order valence-electron chi connectivity index (χ3n) is 4.64. The van der Waals surface area contributed by atoms with Crippen LogP contribution in [-0.2, 0) is 15.9 Å². The molecule has 1 amide bonds. The molecule has 0 saturated carbocycles. The standard InChI is InChI=1S/C16H23BN2O3/c18-11-22-17-7-5-12(6-8-17)1-2-13-3-4-15-14(9-13)19-16(20)10-21-15/h3-4,9,12H,1-2,5-8,10-11,18H2,(H,19,20). The zero-order valence-corrected chi connectivity index (χ0v) is 12.8. The number of benzene rings is 1. The molecule has 0 atom stereocenters. The van der Waals surface area contributed by atoms with Gasteiger partial charge in [-0.3, -0.25) is 4.79 Å². The zero-order valence-electron chi connectivity index (χ0n) is 12.8. The maximum absolute atomic E-state index is 11.4. The van der Waals surface area contributed by atoms with E-state index >= 15 is 0 Å². The molecule has 2 heterocycles. The Morgan fingerprint density at radius 2 is 2.18 bits per heavy atom. The second-order valence-corrected chi connectivity index (χ2v) is 6.18. The Kier molecular flexibility index (Phi) is 5.00. The number of nitrogens with one attached hydrogen (secondary N) is 1. The minimum Gasteiger partial charge on any atom is -0.482 e. The van der Waals surface area contributed by atoms with Crippen molar-refractivity contribution in [3.63, 3.8) is 0 Å². The maximum atomic E-state index is 11.4. The topological polar surface area (TPSA) is 73.6 Å². The number of aryl methyl sites for hydroxylation is 1. The van der Waals surface area contributed by atoms with Crippen LogP contribution in [-0.4, -0.2) is 26.2 Å². The molecule has 0 spiro atoms. The van der Waals surface area contributed by atoms with E-state index in [1.165, 1.54) is 24.8 Å². The lowest BCUT2D eigenvalue weighted by Gasteiger charge is -2.26. The summed E-state index contributed by atoms with van der Waals surface area (Å²) in [6, 6.07) is 6.09. The largest absolute Gasteiger partial charge is 0.482 e. The first-order valence-corrected chi connectivity index (χ1v) is 8.12. The average molecular weight is 302 g/mol. The third kappa shape index (κ3) is 3.81. The van der Waals surface area contributed by atoms with Crippen molar-refractivity contribution in [1.29, 1.82) is 0 Å². The van der Waals surface area contributed by atoms with Crippen LogP contribution in [0.15, 0.2) is 18.2 Å². The van der Waals surface area contributed by atoms with Crippen LogP contribution in [0, 0.1) is 5.92 Å². The molecule has 6 heteroatoms. The van der Waals surface area contributed by atoms with Gasteiger partial charge >= 0.3 is 0 Å². The van der Waals surface area contributed by atoms with E-state index in [1.807, 2.05) is 12.1 Å². The molecule has 3 N–H and O–H groups in total. The molecule has 2 aliphatic heterocycles. The monoisotopic (exact) mass is 302 g/mol. The van der Waals surface area contributed by atoms with Crippen LogP contribution in [0.2, 0.25) is 12.6 Å². The van der Waals surface area contributed by atoms with Crippen molar-refractivity contribution in [3.8, 4) is 5.75 Å². The normalized spacial score (nSPS) is 18.6. The van der Waals surface area contributed by atoms with Crippen molar-refractivity contribution in [2.24, 2.45) is 11.7 Å². The van der Waals surface area contributed by atoms with Crippen LogP contribution < -0.4 is 15.8 Å². The number of hydrogen-bond acceptors (Lipinski definition) is 4. The summed E-state index contributed by atoms with van der Waals surface area (Å²) < 4.78 is 10.9. The number of fused-ring (bicyclic) bond motifs is 1. The lowest BCUT2D eigenvalue weighted by atomic mass is 9.53. The molecular weight excluding hydrogens is 279 g/mol. The van der Waals surface area contributed by atoms with E-state index < -0.39 is 0 Å². The van der Waals surface area contributed by atoms with Gasteiger partial charge in [0.1, 0.15) is 5.75 Å². The highest BCUT2D eigenvalue weighted by Crippen LogP contribution is 2.32. The highest BCUT2D eigenvalue weighted by molar-refractivity contribution is 6.52. The fraction of sp³-hybridized carbons (Fsp3) is 0.562. The van der Waals surface area contributed by atoms with Crippen molar-refractivity contribution in [2.45, 2.75) is 38.3 Å². The van der Waals surface area contributed by atoms with Crippen LogP contribution in [0.4, 0.5) is 5.69 Å². The fourth-order valence-corrected chi connectivity index (χ4v) is 3.38. The van der Waals surface area contributed by atoms with Gasteiger partial charge in [0.25, 0.3) is 12.8 Å². The minimum atomic E-state index is -0.0807. The highest BCUT2D eigenvalue weighted by atomic mass is 16.5. The maximum Gasteiger partial charge on any atom is 0.294 e. The van der Waals surface area contributed by atoms with Gasteiger partial charge in [0.05, 0.1) is 12.4 Å². The average Bonchev–Trinajstić information content (AvgIpc) is 2.54. The van der Waals surface area contributed by atoms with Gasteiger partial charge in [0.15, 0.2) is 6.61 Å². The van der Waals surface area contributed by atoms with Crippen molar-refractivity contribution in [2.75, 3.05) is 18.7 Å². The van der Waals surface area contributed by atoms with Crippen LogP contribution in [0.25, 0.3) is 0 Å². The molecule has 5 nitrogen and oxygen atoms in total. The molecule has 1 aromatic rings. The number of carbonyl (C=O) groups is 1. The van der Waals surface area contributed by atoms with Gasteiger partial charge < -0.3 is 20.4 Å². The highest BCUT2D eigenvalue weighted by Gasteiger charge is 2.25. The lowest BCUT2D eigenvalue weighted by molar-refractivity contribution is -0.118. The summed E-state index contributed by atoms with van der Waals surface area (Å²) in [6.45, 7) is 0.802. The summed E-state index contributed by atoms with van der Waals surface area (Å²) in [5, 5.41) is 2.87. The van der Waals surface area contributed by atoms with E-state index in [4.69, 9.17) is 15.1 Å². The van der Waals surface area contributed by atoms with Crippen LogP contribution in [0.5, 0.6) is 5.75 Å². The molecule has 22 heavy (non-hydrogen) atoms. The van der Waals surface area contributed by atoms with E-state index in [2.05, 4.69) is 11.4 Å². The van der Waals surface area contributed by atoms with Gasteiger partial charge in [-0.05, 0) is 49.1 Å². The van der Waals surface area contributed by atoms with Crippen LogP contribution in [0.1, 0.15) is 24.8 Å². The first kappa shape index (κ1) is 15.4. The van der Waals surface area contributed by atoms with Gasteiger partial charge in [0.2, 0.25) is 0 Å². The molecule has 1 aromatic carbocycles. The molecular formula is C16H23BN2O3. The van der Waals surface area contributed by atoms with E-state index in [-0.39, 0.29) is 12.5 Å². The first-order valence-electron chi connectivity index (χ1n) is 8.12. The fourth-order valence-electron chi connectivity index (χ4n) is 3.38. The smallest absolute Gasteiger partial charge is 0.294 e. The lowest BCUT2D eigenvalue weighted by Crippen LogP contribution is -2.27. The SMILES string of the molecule is NCOB1CCC(CCc2ccc3c(c2)NC(=O)CO3)CC1. The third-order valence-corrected chi connectivity index (χ3v) is 4.64. The molecule has 0 bridgehead atoms. The Morgan fingerprint density at radius 3 is 2.95 bits per heavy atom. The molecule has 2 aliphatic rings. The molecule has 1 fully saturated rings. The van der Waals surface area contributed by atoms with Crippen LogP contribution in [0.3, 0.4) is 0 Å². The van der Waals surface area contributed by atoms with E-state index in [0.29, 0.717) is 13.6 Å². The van der Waals surface area contributed by atoms with Crippen LogP contribution >= 0.6 is 0 Å². The number of ether oxygens (including phenoxy) is 1. The van der Waals surface area contributed by atoms with Crippen molar-refractivity contribution >= 4 is 18.5 Å². The Hall–Kier alpha value is -1.53. The van der Waals surface area contributed by atoms with Gasteiger partial charge in [-0.15, -0.1) is 0 Å². The van der Waals surface area contributed by atoms with Gasteiger partial charge in [-0.25, -0.2) is 0 Å². The molecule has 3 rings (SSSR count). The molecule has 118 valence electrons. The predicted molar refractivity (Wildman–Crippen MR) is 87.1 cm³/mol. The van der Waals surface area contributed by atoms with Crippen molar-refractivity contribution < 1.29 is 14.2 Å². The second kappa shape index (κ2) is 7.16. The molecule has 0 unspecified atom stereocenters. The summed E-state index contributed by atoms with van der Waals surface area (Å²) in [6.07, 6.45) is 6.90. The van der Waals surface area contributed by atoms with E-state index in [0.717, 1.165) is 36.4 Å². The second-order valence-electron chi connectivity index (χ2n) is 6.18. The molecule has 0 radical (unpaired) electrons.